The second-order valence-electron chi connectivity index (χ2n) is 4.77. The summed E-state index contributed by atoms with van der Waals surface area (Å²) in [6.45, 7) is 1.46. The minimum atomic E-state index is 0.562. The molecule has 0 fully saturated rings. The van der Waals surface area contributed by atoms with Gasteiger partial charge in [0.25, 0.3) is 0 Å². The number of benzene rings is 2. The van der Waals surface area contributed by atoms with Gasteiger partial charge in [0.15, 0.2) is 0 Å². The summed E-state index contributed by atoms with van der Waals surface area (Å²) < 4.78 is 8.91. The van der Waals surface area contributed by atoms with Gasteiger partial charge in [0, 0.05) is 10.1 Å². The first kappa shape index (κ1) is 14.2. The summed E-state index contributed by atoms with van der Waals surface area (Å²) in [5, 5.41) is 0. The molecule has 0 aliphatic rings. The minimum absolute atomic E-state index is 0.562. The van der Waals surface area contributed by atoms with Crippen LogP contribution in [0, 0.1) is 3.57 Å². The summed E-state index contributed by atoms with van der Waals surface area (Å²) in [6, 6.07) is 16.0. The Kier molecular flexibility index (Phi) is 4.28. The van der Waals surface area contributed by atoms with E-state index < -0.39 is 0 Å². The van der Waals surface area contributed by atoms with E-state index in [1.807, 2.05) is 41.0 Å². The maximum absolute atomic E-state index is 6.01. The first-order valence-electron chi connectivity index (χ1n) is 6.83. The average Bonchev–Trinajstić information content (AvgIpc) is 2.79. The van der Waals surface area contributed by atoms with E-state index >= 15 is 0 Å². The van der Waals surface area contributed by atoms with Gasteiger partial charge in [-0.1, -0.05) is 18.2 Å². The molecule has 0 aliphatic carbocycles. The molecule has 3 aromatic rings. The molecule has 1 aromatic heterocycles. The Hall–Kier alpha value is -1.76. The van der Waals surface area contributed by atoms with Gasteiger partial charge in [-0.3, -0.25) is 0 Å². The normalized spacial score (nSPS) is 10.9. The van der Waals surface area contributed by atoms with Crippen LogP contribution in [-0.2, 0) is 6.54 Å². The van der Waals surface area contributed by atoms with Crippen LogP contribution in [-0.4, -0.2) is 16.2 Å². The van der Waals surface area contributed by atoms with Crippen LogP contribution in [0.25, 0.3) is 11.0 Å². The highest BCUT2D eigenvalue weighted by Gasteiger charge is 2.08. The number of aromatic nitrogens is 2. The number of aryl methyl sites for hydroxylation is 1. The number of fused-ring (bicyclic) bond motifs is 1. The molecule has 108 valence electrons. The summed E-state index contributed by atoms with van der Waals surface area (Å²) in [4.78, 5) is 4.41. The van der Waals surface area contributed by atoms with Crippen LogP contribution in [0.5, 0.6) is 5.75 Å². The number of nitrogens with two attached hydrogens (primary N) is 1. The molecular formula is C16H16IN3O. The first-order valence-corrected chi connectivity index (χ1v) is 7.91. The summed E-state index contributed by atoms with van der Waals surface area (Å²) >= 11 is 2.28. The number of imidazole rings is 1. The average molecular weight is 393 g/mol. The fourth-order valence-corrected chi connectivity index (χ4v) is 2.76. The Morgan fingerprint density at radius 2 is 1.95 bits per heavy atom. The van der Waals surface area contributed by atoms with Crippen LogP contribution in [0.1, 0.15) is 6.42 Å². The third-order valence-electron chi connectivity index (χ3n) is 3.28. The fourth-order valence-electron chi connectivity index (χ4n) is 2.29. The van der Waals surface area contributed by atoms with E-state index in [1.165, 1.54) is 0 Å². The molecule has 4 nitrogen and oxygen atoms in total. The van der Waals surface area contributed by atoms with E-state index in [0.717, 1.165) is 33.3 Å². The molecule has 0 saturated heterocycles. The van der Waals surface area contributed by atoms with E-state index in [0.29, 0.717) is 12.6 Å². The molecule has 1 heterocycles. The number of hydrogen-bond acceptors (Lipinski definition) is 3. The van der Waals surface area contributed by atoms with Crippen molar-refractivity contribution < 1.29 is 4.74 Å². The SMILES string of the molecule is Nc1nc2cc(I)ccc2n1CCCOc1ccccc1. The van der Waals surface area contributed by atoms with Crippen molar-refractivity contribution in [3.8, 4) is 5.75 Å². The van der Waals surface area contributed by atoms with Gasteiger partial charge in [-0.25, -0.2) is 4.98 Å². The van der Waals surface area contributed by atoms with Crippen molar-refractivity contribution in [3.63, 3.8) is 0 Å². The molecule has 0 saturated carbocycles. The van der Waals surface area contributed by atoms with Gasteiger partial charge >= 0.3 is 0 Å². The first-order chi connectivity index (χ1) is 10.2. The smallest absolute Gasteiger partial charge is 0.201 e. The maximum atomic E-state index is 6.01. The van der Waals surface area contributed by atoms with Crippen molar-refractivity contribution in [3.05, 3.63) is 52.1 Å². The standard InChI is InChI=1S/C16H16IN3O/c17-12-7-8-15-14(11-12)19-16(18)20(15)9-4-10-21-13-5-2-1-3-6-13/h1-3,5-8,11H,4,9-10H2,(H2,18,19). The number of halogens is 1. The highest BCUT2D eigenvalue weighted by Crippen LogP contribution is 2.20. The van der Waals surface area contributed by atoms with Gasteiger partial charge in [-0.15, -0.1) is 0 Å². The molecule has 0 unspecified atom stereocenters. The Bertz CT molecular complexity index is 740. The number of para-hydroxylation sites is 1. The van der Waals surface area contributed by atoms with E-state index in [2.05, 4.69) is 39.7 Å². The summed E-state index contributed by atoms with van der Waals surface area (Å²) in [5.74, 6) is 1.46. The minimum Gasteiger partial charge on any atom is -0.494 e. The van der Waals surface area contributed by atoms with Crippen molar-refractivity contribution in [1.29, 1.82) is 0 Å². The highest BCUT2D eigenvalue weighted by atomic mass is 127. The number of hydrogen-bond donors (Lipinski definition) is 1. The van der Waals surface area contributed by atoms with E-state index in [1.54, 1.807) is 0 Å². The van der Waals surface area contributed by atoms with Crippen LogP contribution >= 0.6 is 22.6 Å². The third kappa shape index (κ3) is 3.29. The fraction of sp³-hybridized carbons (Fsp3) is 0.188. The molecule has 0 spiro atoms. The Morgan fingerprint density at radius 1 is 1.14 bits per heavy atom. The van der Waals surface area contributed by atoms with Crippen molar-refractivity contribution in [2.45, 2.75) is 13.0 Å². The molecule has 0 radical (unpaired) electrons. The third-order valence-corrected chi connectivity index (χ3v) is 3.95. The molecule has 0 amide bonds. The van der Waals surface area contributed by atoms with Gasteiger partial charge in [0.1, 0.15) is 5.75 Å². The second-order valence-corrected chi connectivity index (χ2v) is 6.02. The zero-order chi connectivity index (χ0) is 14.7. The van der Waals surface area contributed by atoms with Crippen molar-refractivity contribution in [2.24, 2.45) is 0 Å². The molecule has 2 N–H and O–H groups in total. The number of anilines is 1. The van der Waals surface area contributed by atoms with Crippen molar-refractivity contribution in [1.82, 2.24) is 9.55 Å². The van der Waals surface area contributed by atoms with Gasteiger partial charge in [-0.2, -0.15) is 0 Å². The molecular weight excluding hydrogens is 377 g/mol. The van der Waals surface area contributed by atoms with Crippen LogP contribution in [0.15, 0.2) is 48.5 Å². The molecule has 0 bridgehead atoms. The lowest BCUT2D eigenvalue weighted by Crippen LogP contribution is -2.07. The molecule has 3 rings (SSSR count). The van der Waals surface area contributed by atoms with E-state index in [-0.39, 0.29) is 0 Å². The second kappa shape index (κ2) is 6.34. The molecule has 0 atom stereocenters. The Balaban J connectivity index is 1.64. The lowest BCUT2D eigenvalue weighted by atomic mass is 10.3. The molecule has 21 heavy (non-hydrogen) atoms. The van der Waals surface area contributed by atoms with Crippen molar-refractivity contribution >= 4 is 39.6 Å². The maximum Gasteiger partial charge on any atom is 0.201 e. The van der Waals surface area contributed by atoms with Crippen LogP contribution in [0.2, 0.25) is 0 Å². The zero-order valence-corrected chi connectivity index (χ0v) is 13.7. The van der Waals surface area contributed by atoms with E-state index in [9.17, 15) is 0 Å². The predicted molar refractivity (Wildman–Crippen MR) is 93.4 cm³/mol. The van der Waals surface area contributed by atoms with Gasteiger partial charge < -0.3 is 15.0 Å². The summed E-state index contributed by atoms with van der Waals surface area (Å²) in [6.07, 6.45) is 0.885. The van der Waals surface area contributed by atoms with Gasteiger partial charge in [0.2, 0.25) is 5.95 Å². The quantitative estimate of drug-likeness (QED) is 0.532. The van der Waals surface area contributed by atoms with Gasteiger partial charge in [0.05, 0.1) is 17.6 Å². The monoisotopic (exact) mass is 393 g/mol. The molecule has 0 aliphatic heterocycles. The summed E-state index contributed by atoms with van der Waals surface area (Å²) in [5.41, 5.74) is 8.03. The number of nitrogen functional groups attached to an aromatic ring is 1. The summed E-state index contributed by atoms with van der Waals surface area (Å²) in [7, 11) is 0. The lowest BCUT2D eigenvalue weighted by Gasteiger charge is -2.08. The van der Waals surface area contributed by atoms with E-state index in [4.69, 9.17) is 10.5 Å². The topological polar surface area (TPSA) is 53.1 Å². The Labute approximate surface area is 137 Å². The largest absolute Gasteiger partial charge is 0.494 e. The lowest BCUT2D eigenvalue weighted by molar-refractivity contribution is 0.303. The number of ether oxygens (including phenoxy) is 1. The van der Waals surface area contributed by atoms with Gasteiger partial charge in [-0.05, 0) is 59.3 Å². The number of rotatable bonds is 5. The molecule has 5 heteroatoms. The van der Waals surface area contributed by atoms with Crippen LogP contribution < -0.4 is 10.5 Å². The number of nitrogens with zero attached hydrogens (tertiary/aromatic N) is 2. The van der Waals surface area contributed by atoms with Crippen LogP contribution in [0.3, 0.4) is 0 Å². The molecule has 2 aromatic carbocycles. The van der Waals surface area contributed by atoms with Crippen molar-refractivity contribution in [2.75, 3.05) is 12.3 Å². The highest BCUT2D eigenvalue weighted by molar-refractivity contribution is 14.1. The van der Waals surface area contributed by atoms with Crippen LogP contribution in [0.4, 0.5) is 5.95 Å². The predicted octanol–water partition coefficient (Wildman–Crippen LogP) is 3.69. The zero-order valence-electron chi connectivity index (χ0n) is 11.5. The Morgan fingerprint density at radius 3 is 2.76 bits per heavy atom.